The SMILES string of the molecule is O=CCCC1CCC(O)C1O. The Balaban J connectivity index is 2.29. The van der Waals surface area contributed by atoms with E-state index in [1.165, 1.54) is 0 Å². The molecule has 0 spiro atoms. The van der Waals surface area contributed by atoms with Gasteiger partial charge in [-0.05, 0) is 25.2 Å². The topological polar surface area (TPSA) is 57.5 Å². The zero-order valence-electron chi connectivity index (χ0n) is 6.44. The molecule has 0 aliphatic heterocycles. The van der Waals surface area contributed by atoms with Crippen LogP contribution in [0.2, 0.25) is 0 Å². The van der Waals surface area contributed by atoms with Crippen molar-refractivity contribution in [2.24, 2.45) is 5.92 Å². The van der Waals surface area contributed by atoms with Gasteiger partial charge in [0, 0.05) is 6.42 Å². The molecule has 1 saturated carbocycles. The molecule has 1 fully saturated rings. The highest BCUT2D eigenvalue weighted by molar-refractivity contribution is 5.49. The van der Waals surface area contributed by atoms with E-state index in [4.69, 9.17) is 5.11 Å². The van der Waals surface area contributed by atoms with E-state index in [1.54, 1.807) is 0 Å². The smallest absolute Gasteiger partial charge is 0.120 e. The van der Waals surface area contributed by atoms with E-state index in [0.717, 1.165) is 12.7 Å². The Kier molecular flexibility index (Phi) is 3.02. The van der Waals surface area contributed by atoms with Gasteiger partial charge in [0.2, 0.25) is 0 Å². The molecule has 0 bridgehead atoms. The quantitative estimate of drug-likeness (QED) is 0.573. The molecule has 0 aromatic rings. The predicted molar refractivity (Wildman–Crippen MR) is 40.0 cm³/mol. The minimum atomic E-state index is -0.602. The van der Waals surface area contributed by atoms with E-state index >= 15 is 0 Å². The van der Waals surface area contributed by atoms with Crippen molar-refractivity contribution in [2.45, 2.75) is 37.9 Å². The van der Waals surface area contributed by atoms with Gasteiger partial charge in [-0.3, -0.25) is 0 Å². The van der Waals surface area contributed by atoms with Crippen LogP contribution in [0, 0.1) is 5.92 Å². The molecular formula is C8H14O3. The molecule has 3 nitrogen and oxygen atoms in total. The van der Waals surface area contributed by atoms with Crippen LogP contribution in [0.15, 0.2) is 0 Å². The highest BCUT2D eigenvalue weighted by atomic mass is 16.3. The van der Waals surface area contributed by atoms with Gasteiger partial charge in [-0.25, -0.2) is 0 Å². The number of hydrogen-bond donors (Lipinski definition) is 2. The monoisotopic (exact) mass is 158 g/mol. The van der Waals surface area contributed by atoms with Crippen molar-refractivity contribution in [3.63, 3.8) is 0 Å². The molecule has 11 heavy (non-hydrogen) atoms. The summed E-state index contributed by atoms with van der Waals surface area (Å²) in [6.07, 6.45) is 2.41. The molecule has 0 radical (unpaired) electrons. The van der Waals surface area contributed by atoms with Crippen LogP contribution in [0.3, 0.4) is 0 Å². The largest absolute Gasteiger partial charge is 0.390 e. The number of carbonyl (C=O) groups excluding carboxylic acids is 1. The Morgan fingerprint density at radius 3 is 2.55 bits per heavy atom. The lowest BCUT2D eigenvalue weighted by molar-refractivity contribution is -0.108. The van der Waals surface area contributed by atoms with Crippen molar-refractivity contribution in [3.8, 4) is 0 Å². The van der Waals surface area contributed by atoms with Crippen LogP contribution in [0.25, 0.3) is 0 Å². The summed E-state index contributed by atoms with van der Waals surface area (Å²) in [5.41, 5.74) is 0. The second-order valence-electron chi connectivity index (χ2n) is 3.14. The lowest BCUT2D eigenvalue weighted by atomic mass is 10.00. The third-order valence-electron chi connectivity index (χ3n) is 2.37. The van der Waals surface area contributed by atoms with Crippen molar-refractivity contribution in [1.29, 1.82) is 0 Å². The number of aldehydes is 1. The number of rotatable bonds is 3. The van der Waals surface area contributed by atoms with E-state index in [1.807, 2.05) is 0 Å². The molecule has 1 aliphatic rings. The Labute approximate surface area is 66.0 Å². The maximum atomic E-state index is 10.0. The molecular weight excluding hydrogens is 144 g/mol. The number of aliphatic hydroxyl groups is 2. The molecule has 3 heteroatoms. The van der Waals surface area contributed by atoms with Crippen molar-refractivity contribution in [2.75, 3.05) is 0 Å². The molecule has 0 heterocycles. The van der Waals surface area contributed by atoms with Gasteiger partial charge in [-0.15, -0.1) is 0 Å². The molecule has 1 aliphatic carbocycles. The average Bonchev–Trinajstić information content (AvgIpc) is 2.31. The van der Waals surface area contributed by atoms with Gasteiger partial charge in [-0.2, -0.15) is 0 Å². The molecule has 0 aromatic heterocycles. The van der Waals surface area contributed by atoms with Crippen molar-refractivity contribution in [1.82, 2.24) is 0 Å². The second-order valence-corrected chi connectivity index (χ2v) is 3.14. The van der Waals surface area contributed by atoms with Gasteiger partial charge in [0.05, 0.1) is 12.2 Å². The number of aliphatic hydroxyl groups excluding tert-OH is 2. The first-order chi connectivity index (χ1) is 5.25. The normalized spacial score (nSPS) is 37.5. The molecule has 0 amide bonds. The summed E-state index contributed by atoms with van der Waals surface area (Å²) in [7, 11) is 0. The summed E-state index contributed by atoms with van der Waals surface area (Å²) in [6.45, 7) is 0. The Bertz CT molecular complexity index is 135. The van der Waals surface area contributed by atoms with Crippen molar-refractivity contribution in [3.05, 3.63) is 0 Å². The summed E-state index contributed by atoms with van der Waals surface area (Å²) < 4.78 is 0. The molecule has 3 unspecified atom stereocenters. The van der Waals surface area contributed by atoms with Gasteiger partial charge in [0.15, 0.2) is 0 Å². The second kappa shape index (κ2) is 3.83. The van der Waals surface area contributed by atoms with E-state index in [2.05, 4.69) is 0 Å². The minimum absolute atomic E-state index is 0.134. The summed E-state index contributed by atoms with van der Waals surface area (Å²) >= 11 is 0. The predicted octanol–water partition coefficient (Wildman–Crippen LogP) is 0.0973. The van der Waals surface area contributed by atoms with E-state index in [-0.39, 0.29) is 5.92 Å². The zero-order chi connectivity index (χ0) is 8.27. The number of hydrogen-bond acceptors (Lipinski definition) is 3. The molecule has 64 valence electrons. The van der Waals surface area contributed by atoms with Crippen LogP contribution in [0.1, 0.15) is 25.7 Å². The first-order valence-electron chi connectivity index (χ1n) is 4.05. The fourth-order valence-corrected chi connectivity index (χ4v) is 1.64. The van der Waals surface area contributed by atoms with Crippen LogP contribution in [0.5, 0.6) is 0 Å². The first-order valence-corrected chi connectivity index (χ1v) is 4.05. The summed E-state index contributed by atoms with van der Waals surface area (Å²) in [5.74, 6) is 0.134. The third-order valence-corrected chi connectivity index (χ3v) is 2.37. The molecule has 0 aromatic carbocycles. The Morgan fingerprint density at radius 2 is 2.09 bits per heavy atom. The van der Waals surface area contributed by atoms with Crippen LogP contribution in [-0.2, 0) is 4.79 Å². The molecule has 2 N–H and O–H groups in total. The zero-order valence-corrected chi connectivity index (χ0v) is 6.44. The maximum absolute atomic E-state index is 10.0. The van der Waals surface area contributed by atoms with E-state index in [9.17, 15) is 9.90 Å². The lowest BCUT2D eigenvalue weighted by Gasteiger charge is -2.14. The van der Waals surface area contributed by atoms with Crippen molar-refractivity contribution < 1.29 is 15.0 Å². The van der Waals surface area contributed by atoms with Gasteiger partial charge in [0.25, 0.3) is 0 Å². The first kappa shape index (κ1) is 8.68. The van der Waals surface area contributed by atoms with Crippen LogP contribution in [0.4, 0.5) is 0 Å². The van der Waals surface area contributed by atoms with E-state index in [0.29, 0.717) is 19.3 Å². The fraction of sp³-hybridized carbons (Fsp3) is 0.875. The Morgan fingerprint density at radius 1 is 1.36 bits per heavy atom. The lowest BCUT2D eigenvalue weighted by Crippen LogP contribution is -2.24. The minimum Gasteiger partial charge on any atom is -0.390 e. The number of carbonyl (C=O) groups is 1. The van der Waals surface area contributed by atoms with Crippen molar-refractivity contribution >= 4 is 6.29 Å². The summed E-state index contributed by atoms with van der Waals surface area (Å²) in [4.78, 5) is 10.0. The highest BCUT2D eigenvalue weighted by Gasteiger charge is 2.32. The molecule has 0 saturated heterocycles. The standard InChI is InChI=1S/C8H14O3/c9-5-1-2-6-3-4-7(10)8(6)11/h5-8,10-11H,1-4H2. The van der Waals surface area contributed by atoms with Gasteiger partial charge in [0.1, 0.15) is 6.29 Å². The highest BCUT2D eigenvalue weighted by Crippen LogP contribution is 2.29. The molecule has 1 rings (SSSR count). The fourth-order valence-electron chi connectivity index (χ4n) is 1.64. The van der Waals surface area contributed by atoms with Crippen LogP contribution < -0.4 is 0 Å². The summed E-state index contributed by atoms with van der Waals surface area (Å²) in [6, 6.07) is 0. The van der Waals surface area contributed by atoms with E-state index < -0.39 is 12.2 Å². The maximum Gasteiger partial charge on any atom is 0.120 e. The van der Waals surface area contributed by atoms with Gasteiger partial charge < -0.3 is 15.0 Å². The van der Waals surface area contributed by atoms with Crippen LogP contribution in [-0.4, -0.2) is 28.7 Å². The van der Waals surface area contributed by atoms with Gasteiger partial charge >= 0.3 is 0 Å². The van der Waals surface area contributed by atoms with Crippen LogP contribution >= 0.6 is 0 Å². The average molecular weight is 158 g/mol. The summed E-state index contributed by atoms with van der Waals surface area (Å²) in [5, 5.41) is 18.4. The van der Waals surface area contributed by atoms with Gasteiger partial charge in [-0.1, -0.05) is 0 Å². The third kappa shape index (κ3) is 2.01. The Hall–Kier alpha value is -0.410. The molecule has 3 atom stereocenters.